The van der Waals surface area contributed by atoms with Gasteiger partial charge in [-0.2, -0.15) is 5.26 Å². The average Bonchev–Trinajstić information content (AvgIpc) is 2.80. The SMILES string of the molecule is CC1CCC(NC2CCCC2C#N)C1C. The first-order chi connectivity index (χ1) is 7.22. The number of hydrogen-bond acceptors (Lipinski definition) is 2. The van der Waals surface area contributed by atoms with Gasteiger partial charge in [0.2, 0.25) is 0 Å². The summed E-state index contributed by atoms with van der Waals surface area (Å²) in [5.74, 6) is 1.91. The first kappa shape index (κ1) is 11.0. The van der Waals surface area contributed by atoms with Crippen molar-refractivity contribution < 1.29 is 0 Å². The van der Waals surface area contributed by atoms with Gasteiger partial charge in [0.05, 0.1) is 12.0 Å². The van der Waals surface area contributed by atoms with Crippen LogP contribution in [0.25, 0.3) is 0 Å². The molecule has 0 heterocycles. The zero-order chi connectivity index (χ0) is 10.8. The molecule has 2 rings (SSSR count). The van der Waals surface area contributed by atoms with Crippen LogP contribution in [0.2, 0.25) is 0 Å². The molecular weight excluding hydrogens is 184 g/mol. The van der Waals surface area contributed by atoms with E-state index in [0.717, 1.165) is 18.3 Å². The van der Waals surface area contributed by atoms with Crippen LogP contribution < -0.4 is 5.32 Å². The minimum Gasteiger partial charge on any atom is -0.310 e. The normalized spacial score (nSPS) is 45.5. The molecule has 84 valence electrons. The molecular formula is C13H22N2. The van der Waals surface area contributed by atoms with Crippen LogP contribution in [0.1, 0.15) is 46.0 Å². The Bertz CT molecular complexity index is 256. The predicted octanol–water partition coefficient (Wildman–Crippen LogP) is 2.70. The van der Waals surface area contributed by atoms with Crippen molar-refractivity contribution in [3.05, 3.63) is 0 Å². The molecule has 0 aromatic heterocycles. The molecule has 2 aliphatic rings. The van der Waals surface area contributed by atoms with Gasteiger partial charge in [-0.05, 0) is 37.5 Å². The Hall–Kier alpha value is -0.550. The van der Waals surface area contributed by atoms with Crippen molar-refractivity contribution in [1.29, 1.82) is 5.26 Å². The van der Waals surface area contributed by atoms with E-state index in [4.69, 9.17) is 5.26 Å². The topological polar surface area (TPSA) is 35.8 Å². The maximum Gasteiger partial charge on any atom is 0.0672 e. The Balaban J connectivity index is 1.89. The Kier molecular flexibility index (Phi) is 3.31. The largest absolute Gasteiger partial charge is 0.310 e. The smallest absolute Gasteiger partial charge is 0.0672 e. The second-order valence-electron chi connectivity index (χ2n) is 5.46. The van der Waals surface area contributed by atoms with E-state index < -0.39 is 0 Å². The van der Waals surface area contributed by atoms with Gasteiger partial charge in [0.25, 0.3) is 0 Å². The third-order valence-electron chi connectivity index (χ3n) is 4.58. The fraction of sp³-hybridized carbons (Fsp3) is 0.923. The first-order valence-corrected chi connectivity index (χ1v) is 6.38. The summed E-state index contributed by atoms with van der Waals surface area (Å²) in [4.78, 5) is 0. The maximum absolute atomic E-state index is 9.04. The molecule has 0 radical (unpaired) electrons. The predicted molar refractivity (Wildman–Crippen MR) is 61.2 cm³/mol. The molecule has 5 unspecified atom stereocenters. The number of nitrogens with one attached hydrogen (secondary N) is 1. The van der Waals surface area contributed by atoms with Crippen molar-refractivity contribution in [2.45, 2.75) is 58.0 Å². The summed E-state index contributed by atoms with van der Waals surface area (Å²) in [7, 11) is 0. The van der Waals surface area contributed by atoms with Gasteiger partial charge < -0.3 is 5.32 Å². The van der Waals surface area contributed by atoms with Crippen LogP contribution in [0.5, 0.6) is 0 Å². The Morgan fingerprint density at radius 3 is 2.47 bits per heavy atom. The molecule has 5 atom stereocenters. The van der Waals surface area contributed by atoms with E-state index in [9.17, 15) is 0 Å². The summed E-state index contributed by atoms with van der Waals surface area (Å²) in [6, 6.07) is 3.60. The van der Waals surface area contributed by atoms with Crippen LogP contribution >= 0.6 is 0 Å². The summed E-state index contributed by atoms with van der Waals surface area (Å²) in [5, 5.41) is 12.8. The fourth-order valence-electron chi connectivity index (χ4n) is 3.19. The van der Waals surface area contributed by atoms with Gasteiger partial charge >= 0.3 is 0 Å². The second-order valence-corrected chi connectivity index (χ2v) is 5.46. The zero-order valence-electron chi connectivity index (χ0n) is 9.87. The number of nitriles is 1. The molecule has 1 N–H and O–H groups in total. The highest BCUT2D eigenvalue weighted by Crippen LogP contribution is 2.33. The summed E-state index contributed by atoms with van der Waals surface area (Å²) in [6.07, 6.45) is 6.19. The van der Waals surface area contributed by atoms with Gasteiger partial charge in [-0.1, -0.05) is 20.3 Å². The molecule has 0 aliphatic heterocycles. The van der Waals surface area contributed by atoms with Crippen molar-refractivity contribution in [1.82, 2.24) is 5.32 Å². The quantitative estimate of drug-likeness (QED) is 0.754. The zero-order valence-corrected chi connectivity index (χ0v) is 9.87. The van der Waals surface area contributed by atoms with Crippen molar-refractivity contribution >= 4 is 0 Å². The molecule has 2 saturated carbocycles. The minimum atomic E-state index is 0.271. The van der Waals surface area contributed by atoms with Gasteiger partial charge in [-0.15, -0.1) is 0 Å². The Morgan fingerprint density at radius 2 is 1.87 bits per heavy atom. The third kappa shape index (κ3) is 2.18. The summed E-state index contributed by atoms with van der Waals surface area (Å²) < 4.78 is 0. The molecule has 2 heteroatoms. The van der Waals surface area contributed by atoms with E-state index in [-0.39, 0.29) is 5.92 Å². The fourth-order valence-corrected chi connectivity index (χ4v) is 3.19. The molecule has 0 aromatic rings. The molecule has 0 aromatic carbocycles. The summed E-state index contributed by atoms with van der Waals surface area (Å²) in [5.41, 5.74) is 0. The van der Waals surface area contributed by atoms with E-state index in [1.54, 1.807) is 0 Å². The van der Waals surface area contributed by atoms with E-state index in [2.05, 4.69) is 25.2 Å². The standard InChI is InChI=1S/C13H22N2/c1-9-6-7-12(10(9)2)15-13-5-3-4-11(13)8-14/h9-13,15H,3-7H2,1-2H3. The number of nitrogens with zero attached hydrogens (tertiary/aromatic N) is 1. The van der Waals surface area contributed by atoms with Gasteiger partial charge in [-0.25, -0.2) is 0 Å². The molecule has 0 amide bonds. The van der Waals surface area contributed by atoms with Crippen molar-refractivity contribution in [2.75, 3.05) is 0 Å². The van der Waals surface area contributed by atoms with Crippen LogP contribution in [-0.2, 0) is 0 Å². The van der Waals surface area contributed by atoms with Crippen molar-refractivity contribution in [3.8, 4) is 6.07 Å². The summed E-state index contributed by atoms with van der Waals surface area (Å²) in [6.45, 7) is 4.70. The van der Waals surface area contributed by atoms with E-state index in [1.165, 1.54) is 25.7 Å². The second kappa shape index (κ2) is 4.53. The monoisotopic (exact) mass is 206 g/mol. The van der Waals surface area contributed by atoms with Crippen LogP contribution in [0.15, 0.2) is 0 Å². The lowest BCUT2D eigenvalue weighted by molar-refractivity contribution is 0.322. The van der Waals surface area contributed by atoms with Crippen LogP contribution in [0.3, 0.4) is 0 Å². The highest BCUT2D eigenvalue weighted by atomic mass is 15.0. The number of hydrogen-bond donors (Lipinski definition) is 1. The van der Waals surface area contributed by atoms with Crippen LogP contribution in [0, 0.1) is 29.1 Å². The number of rotatable bonds is 2. The lowest BCUT2D eigenvalue weighted by atomic mass is 9.96. The first-order valence-electron chi connectivity index (χ1n) is 6.38. The molecule has 2 nitrogen and oxygen atoms in total. The molecule has 2 aliphatic carbocycles. The van der Waals surface area contributed by atoms with Crippen LogP contribution in [-0.4, -0.2) is 12.1 Å². The Labute approximate surface area is 93.0 Å². The van der Waals surface area contributed by atoms with E-state index in [1.807, 2.05) is 0 Å². The maximum atomic E-state index is 9.04. The molecule has 0 bridgehead atoms. The highest BCUT2D eigenvalue weighted by Gasteiger charge is 2.34. The third-order valence-corrected chi connectivity index (χ3v) is 4.58. The highest BCUT2D eigenvalue weighted by molar-refractivity contribution is 4.99. The van der Waals surface area contributed by atoms with Gasteiger partial charge in [0.15, 0.2) is 0 Å². The molecule has 0 saturated heterocycles. The lowest BCUT2D eigenvalue weighted by Crippen LogP contribution is -2.42. The Morgan fingerprint density at radius 1 is 1.07 bits per heavy atom. The summed E-state index contributed by atoms with van der Waals surface area (Å²) >= 11 is 0. The van der Waals surface area contributed by atoms with Gasteiger partial charge in [0, 0.05) is 12.1 Å². The molecule has 0 spiro atoms. The van der Waals surface area contributed by atoms with Crippen LogP contribution in [0.4, 0.5) is 0 Å². The van der Waals surface area contributed by atoms with Crippen molar-refractivity contribution in [2.24, 2.45) is 17.8 Å². The minimum absolute atomic E-state index is 0.271. The molecule has 2 fully saturated rings. The van der Waals surface area contributed by atoms with Crippen molar-refractivity contribution in [3.63, 3.8) is 0 Å². The molecule has 15 heavy (non-hydrogen) atoms. The lowest BCUT2D eigenvalue weighted by Gasteiger charge is -2.25. The van der Waals surface area contributed by atoms with Gasteiger partial charge in [-0.3, -0.25) is 0 Å². The van der Waals surface area contributed by atoms with E-state index in [0.29, 0.717) is 12.1 Å². The average molecular weight is 206 g/mol. The van der Waals surface area contributed by atoms with Gasteiger partial charge in [0.1, 0.15) is 0 Å². The van der Waals surface area contributed by atoms with E-state index >= 15 is 0 Å².